The van der Waals surface area contributed by atoms with Crippen molar-refractivity contribution >= 4 is 11.9 Å². The molecule has 0 N–H and O–H groups in total. The van der Waals surface area contributed by atoms with Gasteiger partial charge in [0.15, 0.2) is 5.78 Å². The van der Waals surface area contributed by atoms with Gasteiger partial charge in [-0.05, 0) is 23.1 Å². The molecule has 4 heteroatoms. The summed E-state index contributed by atoms with van der Waals surface area (Å²) in [5, 5.41) is 3.41. The number of Topliss-reactive ketones (excluding diaryl/α,β-unsaturated/α-hetero) is 1. The monoisotopic (exact) mass is 213 g/mol. The van der Waals surface area contributed by atoms with Gasteiger partial charge in [0.1, 0.15) is 0 Å². The fourth-order valence-electron chi connectivity index (χ4n) is 1.85. The van der Waals surface area contributed by atoms with Gasteiger partial charge in [-0.15, -0.1) is 0 Å². The Morgan fingerprint density at radius 2 is 2.31 bits per heavy atom. The molecule has 0 heterocycles. The molecule has 0 bridgehead atoms. The number of azide groups is 1. The van der Waals surface area contributed by atoms with Crippen molar-refractivity contribution in [3.63, 3.8) is 0 Å². The third kappa shape index (κ3) is 2.12. The van der Waals surface area contributed by atoms with Gasteiger partial charge in [0.2, 0.25) is 0 Å². The summed E-state index contributed by atoms with van der Waals surface area (Å²) in [7, 11) is 0. The quantitative estimate of drug-likeness (QED) is 0.432. The van der Waals surface area contributed by atoms with Gasteiger partial charge in [-0.1, -0.05) is 35.5 Å². The number of hydrogen-bond acceptors (Lipinski definition) is 2. The van der Waals surface area contributed by atoms with Crippen molar-refractivity contribution in [2.24, 2.45) is 5.11 Å². The summed E-state index contributed by atoms with van der Waals surface area (Å²) >= 11 is 0. The van der Waals surface area contributed by atoms with Crippen molar-refractivity contribution < 1.29 is 4.79 Å². The molecule has 0 radical (unpaired) electrons. The van der Waals surface area contributed by atoms with E-state index in [0.29, 0.717) is 13.0 Å². The Kier molecular flexibility index (Phi) is 3.03. The number of ketones is 1. The fraction of sp³-hybridized carbons (Fsp3) is 0.250. The second kappa shape index (κ2) is 4.64. The highest BCUT2D eigenvalue weighted by Gasteiger charge is 2.18. The summed E-state index contributed by atoms with van der Waals surface area (Å²) in [4.78, 5) is 14.1. The number of hydrogen-bond donors (Lipinski definition) is 0. The molecular formula is C12H11N3O. The molecule has 1 aromatic rings. The number of rotatable bonds is 3. The largest absolute Gasteiger partial charge is 0.294 e. The summed E-state index contributed by atoms with van der Waals surface area (Å²) in [6.45, 7) is 0.354. The number of carbonyl (C=O) groups excluding carboxylic acids is 1. The highest BCUT2D eigenvalue weighted by atomic mass is 16.1. The molecule has 0 aliphatic heterocycles. The van der Waals surface area contributed by atoms with Crippen molar-refractivity contribution in [3.8, 4) is 0 Å². The number of fused-ring (bicyclic) bond motifs is 1. The molecule has 0 saturated heterocycles. The van der Waals surface area contributed by atoms with Gasteiger partial charge in [-0.25, -0.2) is 0 Å². The minimum absolute atomic E-state index is 0.236. The minimum Gasteiger partial charge on any atom is -0.294 e. The van der Waals surface area contributed by atoms with Crippen LogP contribution in [0.1, 0.15) is 27.9 Å². The molecule has 0 spiro atoms. The van der Waals surface area contributed by atoms with Gasteiger partial charge >= 0.3 is 0 Å². The van der Waals surface area contributed by atoms with Crippen molar-refractivity contribution in [1.29, 1.82) is 0 Å². The Bertz CT molecular complexity index is 499. The lowest BCUT2D eigenvalue weighted by Crippen LogP contribution is -1.90. The molecule has 0 atom stereocenters. The average molecular weight is 213 g/mol. The molecule has 16 heavy (non-hydrogen) atoms. The topological polar surface area (TPSA) is 65.8 Å². The smallest absolute Gasteiger partial charge is 0.163 e. The predicted molar refractivity (Wildman–Crippen MR) is 62.1 cm³/mol. The Morgan fingerprint density at radius 3 is 3.12 bits per heavy atom. The summed E-state index contributed by atoms with van der Waals surface area (Å²) in [6.07, 6.45) is 5.17. The first kappa shape index (κ1) is 10.5. The van der Waals surface area contributed by atoms with Crippen molar-refractivity contribution in [3.05, 3.63) is 51.4 Å². The molecule has 1 aromatic carbocycles. The van der Waals surface area contributed by atoms with E-state index in [1.165, 1.54) is 0 Å². The Morgan fingerprint density at radius 1 is 1.44 bits per heavy atom. The zero-order valence-electron chi connectivity index (χ0n) is 8.76. The second-order valence-corrected chi connectivity index (χ2v) is 3.66. The molecule has 2 rings (SSSR count). The van der Waals surface area contributed by atoms with Crippen molar-refractivity contribution in [2.45, 2.75) is 12.8 Å². The SMILES string of the molecule is [N-]=[N+]=NCC=Cc1ccc2c(c1)CCC2=O. The van der Waals surface area contributed by atoms with Crippen LogP contribution < -0.4 is 0 Å². The van der Waals surface area contributed by atoms with E-state index in [4.69, 9.17) is 5.53 Å². The lowest BCUT2D eigenvalue weighted by atomic mass is 10.1. The highest BCUT2D eigenvalue weighted by Crippen LogP contribution is 2.23. The Balaban J connectivity index is 2.16. The third-order valence-corrected chi connectivity index (χ3v) is 2.61. The maximum absolute atomic E-state index is 11.4. The van der Waals surface area contributed by atoms with E-state index in [1.54, 1.807) is 6.08 Å². The lowest BCUT2D eigenvalue weighted by molar-refractivity contribution is 0.0994. The van der Waals surface area contributed by atoms with Gasteiger partial charge in [-0.2, -0.15) is 0 Å². The number of carbonyl (C=O) groups is 1. The van der Waals surface area contributed by atoms with E-state index >= 15 is 0 Å². The second-order valence-electron chi connectivity index (χ2n) is 3.66. The predicted octanol–water partition coefficient (Wildman–Crippen LogP) is 3.14. The molecular weight excluding hydrogens is 202 g/mol. The molecule has 1 aliphatic carbocycles. The minimum atomic E-state index is 0.236. The molecule has 0 aromatic heterocycles. The first-order valence-electron chi connectivity index (χ1n) is 5.15. The van der Waals surface area contributed by atoms with Gasteiger partial charge in [0.25, 0.3) is 0 Å². The molecule has 0 fully saturated rings. The maximum atomic E-state index is 11.4. The van der Waals surface area contributed by atoms with Crippen LogP contribution in [0, 0.1) is 0 Å². The van der Waals surface area contributed by atoms with Crippen LogP contribution in [-0.4, -0.2) is 12.3 Å². The van der Waals surface area contributed by atoms with E-state index in [2.05, 4.69) is 10.0 Å². The number of benzene rings is 1. The summed E-state index contributed by atoms with van der Waals surface area (Å²) in [5.74, 6) is 0.236. The average Bonchev–Trinajstić information content (AvgIpc) is 2.66. The van der Waals surface area contributed by atoms with Gasteiger partial charge in [-0.3, -0.25) is 4.79 Å². The van der Waals surface area contributed by atoms with E-state index in [1.807, 2.05) is 24.3 Å². The van der Waals surface area contributed by atoms with Crippen LogP contribution in [0.15, 0.2) is 29.4 Å². The van der Waals surface area contributed by atoms with E-state index in [-0.39, 0.29) is 5.78 Å². The van der Waals surface area contributed by atoms with Crippen molar-refractivity contribution in [2.75, 3.05) is 6.54 Å². The molecule has 0 unspecified atom stereocenters. The molecule has 80 valence electrons. The van der Waals surface area contributed by atoms with E-state index in [9.17, 15) is 4.79 Å². The standard InChI is InChI=1S/C12H11N3O/c13-15-14-7-1-2-9-3-5-11-10(8-9)4-6-12(11)16/h1-3,5,8H,4,6-7H2. The first-order chi connectivity index (χ1) is 7.81. The highest BCUT2D eigenvalue weighted by molar-refractivity contribution is 6.00. The van der Waals surface area contributed by atoms with Crippen LogP contribution in [0.4, 0.5) is 0 Å². The lowest BCUT2D eigenvalue weighted by Gasteiger charge is -1.99. The fourth-order valence-corrected chi connectivity index (χ4v) is 1.85. The summed E-state index contributed by atoms with van der Waals surface area (Å²) in [5.41, 5.74) is 11.1. The third-order valence-electron chi connectivity index (χ3n) is 2.61. The van der Waals surface area contributed by atoms with Crippen molar-refractivity contribution in [1.82, 2.24) is 0 Å². The van der Waals surface area contributed by atoms with Crippen LogP contribution >= 0.6 is 0 Å². The molecule has 4 nitrogen and oxygen atoms in total. The van der Waals surface area contributed by atoms with Crippen LogP contribution in [0.5, 0.6) is 0 Å². The molecule has 0 amide bonds. The molecule has 1 aliphatic rings. The summed E-state index contributed by atoms with van der Waals surface area (Å²) < 4.78 is 0. The van der Waals surface area contributed by atoms with Gasteiger partial charge in [0.05, 0.1) is 0 Å². The van der Waals surface area contributed by atoms with Gasteiger partial charge in [0, 0.05) is 23.4 Å². The molecule has 0 saturated carbocycles. The van der Waals surface area contributed by atoms with Crippen LogP contribution in [0.2, 0.25) is 0 Å². The summed E-state index contributed by atoms with van der Waals surface area (Å²) in [6, 6.07) is 5.80. The van der Waals surface area contributed by atoms with Crippen LogP contribution in [0.25, 0.3) is 16.5 Å². The van der Waals surface area contributed by atoms with Crippen LogP contribution in [0.3, 0.4) is 0 Å². The maximum Gasteiger partial charge on any atom is 0.163 e. The number of aryl methyl sites for hydroxylation is 1. The zero-order chi connectivity index (χ0) is 11.4. The van der Waals surface area contributed by atoms with E-state index in [0.717, 1.165) is 23.1 Å². The normalized spacial score (nSPS) is 13.9. The zero-order valence-corrected chi connectivity index (χ0v) is 8.76. The Hall–Kier alpha value is -2.06. The van der Waals surface area contributed by atoms with Gasteiger partial charge < -0.3 is 0 Å². The number of nitrogens with zero attached hydrogens (tertiary/aromatic N) is 3. The van der Waals surface area contributed by atoms with Crippen LogP contribution in [-0.2, 0) is 6.42 Å². The Labute approximate surface area is 93.2 Å². The van der Waals surface area contributed by atoms with E-state index < -0.39 is 0 Å². The first-order valence-corrected chi connectivity index (χ1v) is 5.15.